The molecule has 2 nitrogen and oxygen atoms in total. The van der Waals surface area contributed by atoms with Crippen LogP contribution in [0.4, 0.5) is 28.4 Å². The Kier molecular flexibility index (Phi) is 10.5. The molecule has 0 N–H and O–H groups in total. The SMILES string of the molecule is C1=CC(N(c2ccccc2)c2ccc(-c3cccc(-c4ccc(N(c5ccccc5)c5ccc(-c6cccc7ccccc67)cc5)cc4)c3)cc2)CC=C1c1cccc2ccccc12. The predicted molar refractivity (Wildman–Crippen MR) is 273 cm³/mol. The number of anilines is 5. The zero-order valence-corrected chi connectivity index (χ0v) is 35.5. The van der Waals surface area contributed by atoms with Crippen LogP contribution in [0.2, 0.25) is 0 Å². The van der Waals surface area contributed by atoms with Crippen LogP contribution in [0.25, 0.3) is 60.5 Å². The number of fused-ring (bicyclic) bond motifs is 2. The van der Waals surface area contributed by atoms with Crippen molar-refractivity contribution in [1.82, 2.24) is 0 Å². The van der Waals surface area contributed by atoms with Crippen LogP contribution >= 0.6 is 0 Å². The molecule has 0 aliphatic heterocycles. The van der Waals surface area contributed by atoms with Crippen molar-refractivity contribution < 1.29 is 0 Å². The lowest BCUT2D eigenvalue weighted by Gasteiger charge is -2.33. The molecule has 11 rings (SSSR count). The molecule has 0 saturated heterocycles. The maximum Gasteiger partial charge on any atom is 0.0560 e. The van der Waals surface area contributed by atoms with E-state index in [1.54, 1.807) is 0 Å². The third-order valence-electron chi connectivity index (χ3n) is 12.6. The zero-order valence-electron chi connectivity index (χ0n) is 35.5. The molecule has 0 saturated carbocycles. The maximum atomic E-state index is 2.47. The second kappa shape index (κ2) is 17.3. The van der Waals surface area contributed by atoms with Gasteiger partial charge in [0.25, 0.3) is 0 Å². The lowest BCUT2D eigenvalue weighted by molar-refractivity contribution is 0.787. The van der Waals surface area contributed by atoms with Crippen LogP contribution in [-0.4, -0.2) is 6.04 Å². The molecule has 0 spiro atoms. The lowest BCUT2D eigenvalue weighted by atomic mass is 9.92. The van der Waals surface area contributed by atoms with Crippen molar-refractivity contribution in [3.8, 4) is 33.4 Å². The molecular formula is C62H46N2. The molecule has 1 atom stereocenters. The zero-order chi connectivity index (χ0) is 42.7. The third kappa shape index (κ3) is 7.67. The van der Waals surface area contributed by atoms with Crippen LogP contribution in [0.15, 0.2) is 261 Å². The summed E-state index contributed by atoms with van der Waals surface area (Å²) in [5.41, 5.74) is 15.4. The molecule has 0 aromatic heterocycles. The Morgan fingerprint density at radius 2 is 0.766 bits per heavy atom. The number of nitrogens with zero attached hydrogens (tertiary/aromatic N) is 2. The van der Waals surface area contributed by atoms with Gasteiger partial charge in [0.1, 0.15) is 0 Å². The fraction of sp³-hybridized carbons (Fsp3) is 0.0323. The van der Waals surface area contributed by atoms with Gasteiger partial charge in [-0.25, -0.2) is 0 Å². The van der Waals surface area contributed by atoms with Crippen molar-refractivity contribution in [3.05, 3.63) is 266 Å². The van der Waals surface area contributed by atoms with Crippen LogP contribution in [0.3, 0.4) is 0 Å². The molecule has 10 aromatic carbocycles. The first-order valence-corrected chi connectivity index (χ1v) is 22.2. The second-order valence-corrected chi connectivity index (χ2v) is 16.5. The lowest BCUT2D eigenvalue weighted by Crippen LogP contribution is -2.30. The highest BCUT2D eigenvalue weighted by Gasteiger charge is 2.21. The van der Waals surface area contributed by atoms with E-state index in [2.05, 4.69) is 271 Å². The Bertz CT molecular complexity index is 3260. The number of hydrogen-bond acceptors (Lipinski definition) is 2. The van der Waals surface area contributed by atoms with Gasteiger partial charge in [-0.05, 0) is 139 Å². The molecule has 0 radical (unpaired) electrons. The number of benzene rings is 10. The van der Waals surface area contributed by atoms with E-state index in [4.69, 9.17) is 0 Å². The molecule has 10 aromatic rings. The summed E-state index contributed by atoms with van der Waals surface area (Å²) in [6.07, 6.45) is 7.99. The Morgan fingerprint density at radius 1 is 0.328 bits per heavy atom. The summed E-state index contributed by atoms with van der Waals surface area (Å²) < 4.78 is 0. The summed E-state index contributed by atoms with van der Waals surface area (Å²) in [7, 11) is 0. The maximum absolute atomic E-state index is 2.47. The van der Waals surface area contributed by atoms with Crippen LogP contribution < -0.4 is 9.80 Å². The van der Waals surface area contributed by atoms with Gasteiger partial charge in [0.2, 0.25) is 0 Å². The minimum absolute atomic E-state index is 0.186. The third-order valence-corrected chi connectivity index (χ3v) is 12.6. The Labute approximate surface area is 376 Å². The summed E-state index contributed by atoms with van der Waals surface area (Å²) >= 11 is 0. The molecule has 0 amide bonds. The van der Waals surface area contributed by atoms with Gasteiger partial charge in [-0.1, -0.05) is 194 Å². The number of allylic oxidation sites excluding steroid dienone is 2. The number of para-hydroxylation sites is 2. The molecule has 304 valence electrons. The van der Waals surface area contributed by atoms with Gasteiger partial charge < -0.3 is 9.80 Å². The van der Waals surface area contributed by atoms with E-state index in [1.807, 2.05) is 0 Å². The highest BCUT2D eigenvalue weighted by Crippen LogP contribution is 2.39. The number of hydrogen-bond donors (Lipinski definition) is 0. The van der Waals surface area contributed by atoms with E-state index in [1.165, 1.54) is 77.4 Å². The largest absolute Gasteiger partial charge is 0.334 e. The molecule has 0 bridgehead atoms. The molecular weight excluding hydrogens is 773 g/mol. The number of rotatable bonds is 10. The molecule has 1 aliphatic rings. The van der Waals surface area contributed by atoms with Gasteiger partial charge in [0.05, 0.1) is 6.04 Å². The minimum atomic E-state index is 0.186. The summed E-state index contributed by atoms with van der Waals surface area (Å²) in [6, 6.07) is 87.9. The molecule has 64 heavy (non-hydrogen) atoms. The first-order valence-electron chi connectivity index (χ1n) is 22.2. The standard InChI is InChI=1S/C62H46N2/c1-3-20-53(21-4-1)63(57-40-32-49(33-41-57)61-26-12-16-47-14-7-9-24-59(47)61)55-36-28-45(29-37-55)51-18-11-19-52(44-51)46-30-38-56(39-31-46)64(54-22-5-2-6-23-54)58-42-34-50(35-43-58)62-27-13-17-48-15-8-10-25-60(48)62/h1-42,44,58H,43H2. The van der Waals surface area contributed by atoms with Gasteiger partial charge >= 0.3 is 0 Å². The smallest absolute Gasteiger partial charge is 0.0560 e. The van der Waals surface area contributed by atoms with E-state index in [0.29, 0.717) is 0 Å². The average Bonchev–Trinajstić information content (AvgIpc) is 3.38. The van der Waals surface area contributed by atoms with E-state index in [0.717, 1.165) is 23.5 Å². The highest BCUT2D eigenvalue weighted by atomic mass is 15.2. The molecule has 0 fully saturated rings. The Hall–Kier alpha value is -8.20. The van der Waals surface area contributed by atoms with Gasteiger partial charge in [-0.15, -0.1) is 0 Å². The molecule has 1 unspecified atom stereocenters. The van der Waals surface area contributed by atoms with Gasteiger partial charge in [0, 0.05) is 28.4 Å². The first-order chi connectivity index (χ1) is 31.7. The Morgan fingerprint density at radius 3 is 1.34 bits per heavy atom. The summed E-state index contributed by atoms with van der Waals surface area (Å²) in [6.45, 7) is 0. The van der Waals surface area contributed by atoms with Crippen LogP contribution in [0.1, 0.15) is 12.0 Å². The van der Waals surface area contributed by atoms with E-state index in [-0.39, 0.29) is 6.04 Å². The normalized spacial score (nSPS) is 13.4. The van der Waals surface area contributed by atoms with Crippen LogP contribution in [0.5, 0.6) is 0 Å². The summed E-state index contributed by atoms with van der Waals surface area (Å²) in [5.74, 6) is 0. The summed E-state index contributed by atoms with van der Waals surface area (Å²) in [4.78, 5) is 4.80. The first kappa shape index (κ1) is 38.7. The molecule has 0 heterocycles. The highest BCUT2D eigenvalue weighted by molar-refractivity contribution is 5.98. The molecule has 2 heteroatoms. The van der Waals surface area contributed by atoms with E-state index >= 15 is 0 Å². The van der Waals surface area contributed by atoms with Crippen molar-refractivity contribution in [2.45, 2.75) is 12.5 Å². The van der Waals surface area contributed by atoms with E-state index in [9.17, 15) is 0 Å². The van der Waals surface area contributed by atoms with Crippen LogP contribution in [0, 0.1) is 0 Å². The van der Waals surface area contributed by atoms with Gasteiger partial charge in [-0.3, -0.25) is 0 Å². The quantitative estimate of drug-likeness (QED) is 0.136. The monoisotopic (exact) mass is 818 g/mol. The second-order valence-electron chi connectivity index (χ2n) is 16.5. The van der Waals surface area contributed by atoms with Crippen molar-refractivity contribution in [3.63, 3.8) is 0 Å². The van der Waals surface area contributed by atoms with Crippen molar-refractivity contribution in [1.29, 1.82) is 0 Å². The fourth-order valence-electron chi connectivity index (χ4n) is 9.39. The van der Waals surface area contributed by atoms with E-state index < -0.39 is 0 Å². The summed E-state index contributed by atoms with van der Waals surface area (Å²) in [5, 5.41) is 5.08. The van der Waals surface area contributed by atoms with Crippen molar-refractivity contribution in [2.24, 2.45) is 0 Å². The van der Waals surface area contributed by atoms with Crippen molar-refractivity contribution in [2.75, 3.05) is 9.80 Å². The van der Waals surface area contributed by atoms with Gasteiger partial charge in [0.15, 0.2) is 0 Å². The minimum Gasteiger partial charge on any atom is -0.334 e. The predicted octanol–water partition coefficient (Wildman–Crippen LogP) is 17.0. The Balaban J connectivity index is 0.846. The fourth-order valence-corrected chi connectivity index (χ4v) is 9.39. The van der Waals surface area contributed by atoms with Gasteiger partial charge in [-0.2, -0.15) is 0 Å². The topological polar surface area (TPSA) is 6.48 Å². The average molecular weight is 819 g/mol. The van der Waals surface area contributed by atoms with Crippen molar-refractivity contribution >= 4 is 55.6 Å². The van der Waals surface area contributed by atoms with Crippen LogP contribution in [-0.2, 0) is 0 Å². The molecule has 1 aliphatic carbocycles.